The van der Waals surface area contributed by atoms with Crippen molar-refractivity contribution in [1.29, 1.82) is 0 Å². The van der Waals surface area contributed by atoms with Crippen molar-refractivity contribution in [2.75, 3.05) is 37.5 Å². The summed E-state index contributed by atoms with van der Waals surface area (Å²) < 4.78 is 10.2. The van der Waals surface area contributed by atoms with Crippen molar-refractivity contribution in [2.24, 2.45) is 0 Å². The molecule has 0 aliphatic heterocycles. The summed E-state index contributed by atoms with van der Waals surface area (Å²) in [7, 11) is 1.68. The Kier molecular flexibility index (Phi) is 6.31. The Bertz CT molecular complexity index is 449. The Labute approximate surface area is 120 Å². The van der Waals surface area contributed by atoms with Gasteiger partial charge in [-0.3, -0.25) is 0 Å². The minimum absolute atomic E-state index is 0.212. The van der Waals surface area contributed by atoms with E-state index in [2.05, 4.69) is 18.7 Å². The monoisotopic (exact) mass is 280 g/mol. The van der Waals surface area contributed by atoms with Crippen molar-refractivity contribution in [3.05, 3.63) is 23.8 Å². The highest BCUT2D eigenvalue weighted by atomic mass is 16.5. The molecule has 1 aromatic carbocycles. The molecule has 0 radical (unpaired) electrons. The van der Waals surface area contributed by atoms with Gasteiger partial charge in [-0.15, -0.1) is 0 Å². The van der Waals surface area contributed by atoms with E-state index in [0.717, 1.165) is 12.2 Å². The molecular weight excluding hydrogens is 256 g/mol. The Morgan fingerprint density at radius 2 is 2.10 bits per heavy atom. The van der Waals surface area contributed by atoms with Gasteiger partial charge in [-0.2, -0.15) is 0 Å². The molecule has 0 bridgehead atoms. The molecule has 1 atom stereocenters. The number of nitrogens with zero attached hydrogens (tertiary/aromatic N) is 1. The van der Waals surface area contributed by atoms with Crippen LogP contribution in [0.5, 0.6) is 0 Å². The van der Waals surface area contributed by atoms with Crippen LogP contribution in [-0.2, 0) is 9.47 Å². The van der Waals surface area contributed by atoms with Gasteiger partial charge in [-0.25, -0.2) is 4.79 Å². The molecule has 5 heteroatoms. The molecule has 1 unspecified atom stereocenters. The molecule has 0 saturated carbocycles. The molecule has 112 valence electrons. The second-order valence-corrected chi connectivity index (χ2v) is 4.58. The molecule has 0 saturated heterocycles. The molecule has 0 heterocycles. The fourth-order valence-corrected chi connectivity index (χ4v) is 2.19. The van der Waals surface area contributed by atoms with Gasteiger partial charge in [-0.05, 0) is 39.0 Å². The maximum Gasteiger partial charge on any atom is 0.340 e. The van der Waals surface area contributed by atoms with Crippen LogP contribution in [0.1, 0.15) is 31.1 Å². The number of hydrogen-bond donors (Lipinski definition) is 1. The number of esters is 1. The molecule has 0 amide bonds. The van der Waals surface area contributed by atoms with Gasteiger partial charge in [0.15, 0.2) is 0 Å². The summed E-state index contributed by atoms with van der Waals surface area (Å²) in [5.74, 6) is -0.387. The minimum atomic E-state index is -0.387. The third-order valence-corrected chi connectivity index (χ3v) is 3.14. The lowest BCUT2D eigenvalue weighted by atomic mass is 10.1. The van der Waals surface area contributed by atoms with Crippen LogP contribution in [0.25, 0.3) is 0 Å². The number of rotatable bonds is 7. The number of hydrogen-bond acceptors (Lipinski definition) is 5. The molecule has 2 N–H and O–H groups in total. The number of nitrogen functional groups attached to an aromatic ring is 1. The smallest absolute Gasteiger partial charge is 0.340 e. The molecule has 0 aliphatic rings. The lowest BCUT2D eigenvalue weighted by Gasteiger charge is -2.30. The molecule has 1 aromatic rings. The number of methoxy groups -OCH3 is 1. The highest BCUT2D eigenvalue weighted by Gasteiger charge is 2.17. The molecule has 5 nitrogen and oxygen atoms in total. The molecular formula is C15H24N2O3. The second kappa shape index (κ2) is 7.75. The topological polar surface area (TPSA) is 64.8 Å². The summed E-state index contributed by atoms with van der Waals surface area (Å²) >= 11 is 0. The van der Waals surface area contributed by atoms with Crippen LogP contribution < -0.4 is 10.6 Å². The molecule has 20 heavy (non-hydrogen) atoms. The van der Waals surface area contributed by atoms with Gasteiger partial charge in [-0.1, -0.05) is 0 Å². The standard InChI is InChI=1S/C15H24N2O3/c1-5-17(11(3)10-19-4)12-7-8-14(16)13(9-12)15(18)20-6-2/h7-9,11H,5-6,10,16H2,1-4H3. The van der Waals surface area contributed by atoms with Gasteiger partial charge >= 0.3 is 5.97 Å². The summed E-state index contributed by atoms with van der Waals surface area (Å²) in [6.07, 6.45) is 0. The third kappa shape index (κ3) is 3.87. The van der Waals surface area contributed by atoms with E-state index in [-0.39, 0.29) is 12.0 Å². The van der Waals surface area contributed by atoms with E-state index in [1.165, 1.54) is 0 Å². The predicted octanol–water partition coefficient (Wildman–Crippen LogP) is 2.31. The molecule has 0 aliphatic carbocycles. The number of ether oxygens (including phenoxy) is 2. The maximum absolute atomic E-state index is 11.9. The highest BCUT2D eigenvalue weighted by Crippen LogP contribution is 2.23. The summed E-state index contributed by atoms with van der Waals surface area (Å²) in [6, 6.07) is 5.64. The van der Waals surface area contributed by atoms with Gasteiger partial charge < -0.3 is 20.1 Å². The summed E-state index contributed by atoms with van der Waals surface area (Å²) in [5.41, 5.74) is 7.63. The van der Waals surface area contributed by atoms with Crippen LogP contribution in [-0.4, -0.2) is 38.9 Å². The number of anilines is 2. The largest absolute Gasteiger partial charge is 0.462 e. The minimum Gasteiger partial charge on any atom is -0.462 e. The van der Waals surface area contributed by atoms with Crippen LogP contribution in [0, 0.1) is 0 Å². The van der Waals surface area contributed by atoms with E-state index < -0.39 is 0 Å². The van der Waals surface area contributed by atoms with Gasteiger partial charge in [0.1, 0.15) is 0 Å². The van der Waals surface area contributed by atoms with Crippen molar-refractivity contribution in [3.63, 3.8) is 0 Å². The molecule has 0 fully saturated rings. The van der Waals surface area contributed by atoms with Crippen LogP contribution in [0.4, 0.5) is 11.4 Å². The SMILES string of the molecule is CCOC(=O)c1cc(N(CC)C(C)COC)ccc1N. The van der Waals surface area contributed by atoms with E-state index in [0.29, 0.717) is 24.5 Å². The first-order chi connectivity index (χ1) is 9.54. The Hall–Kier alpha value is -1.75. The van der Waals surface area contributed by atoms with Gasteiger partial charge in [0.25, 0.3) is 0 Å². The average molecular weight is 280 g/mol. The van der Waals surface area contributed by atoms with E-state index in [1.54, 1.807) is 26.2 Å². The third-order valence-electron chi connectivity index (χ3n) is 3.14. The average Bonchev–Trinajstić information content (AvgIpc) is 2.42. The highest BCUT2D eigenvalue weighted by molar-refractivity contribution is 5.96. The van der Waals surface area contributed by atoms with E-state index in [9.17, 15) is 4.79 Å². The summed E-state index contributed by atoms with van der Waals surface area (Å²) in [5, 5.41) is 0. The summed E-state index contributed by atoms with van der Waals surface area (Å²) in [6.45, 7) is 7.68. The number of nitrogens with two attached hydrogens (primary N) is 1. The Morgan fingerprint density at radius 1 is 1.40 bits per heavy atom. The number of carbonyl (C=O) groups is 1. The molecule has 0 spiro atoms. The van der Waals surface area contributed by atoms with E-state index in [4.69, 9.17) is 15.2 Å². The van der Waals surface area contributed by atoms with Crippen molar-refractivity contribution < 1.29 is 14.3 Å². The first kappa shape index (κ1) is 16.3. The zero-order valence-corrected chi connectivity index (χ0v) is 12.7. The maximum atomic E-state index is 11.9. The van der Waals surface area contributed by atoms with Crippen LogP contribution >= 0.6 is 0 Å². The quantitative estimate of drug-likeness (QED) is 0.613. The van der Waals surface area contributed by atoms with Crippen molar-refractivity contribution >= 4 is 17.3 Å². The second-order valence-electron chi connectivity index (χ2n) is 4.58. The normalized spacial score (nSPS) is 12.0. The first-order valence-electron chi connectivity index (χ1n) is 6.87. The first-order valence-corrected chi connectivity index (χ1v) is 6.87. The van der Waals surface area contributed by atoms with E-state index in [1.807, 2.05) is 6.07 Å². The number of benzene rings is 1. The fraction of sp³-hybridized carbons (Fsp3) is 0.533. The van der Waals surface area contributed by atoms with Crippen molar-refractivity contribution in [3.8, 4) is 0 Å². The van der Waals surface area contributed by atoms with Crippen molar-refractivity contribution in [1.82, 2.24) is 0 Å². The van der Waals surface area contributed by atoms with Crippen LogP contribution in [0.15, 0.2) is 18.2 Å². The predicted molar refractivity (Wildman–Crippen MR) is 81.2 cm³/mol. The van der Waals surface area contributed by atoms with Crippen molar-refractivity contribution in [2.45, 2.75) is 26.8 Å². The number of carbonyl (C=O) groups excluding carboxylic acids is 1. The van der Waals surface area contributed by atoms with Crippen LogP contribution in [0.3, 0.4) is 0 Å². The number of likely N-dealkylation sites (N-methyl/N-ethyl adjacent to an activating group) is 1. The van der Waals surface area contributed by atoms with Gasteiger partial charge in [0.2, 0.25) is 0 Å². The van der Waals surface area contributed by atoms with Crippen LogP contribution in [0.2, 0.25) is 0 Å². The van der Waals surface area contributed by atoms with E-state index >= 15 is 0 Å². The molecule has 0 aromatic heterocycles. The molecule has 1 rings (SSSR count). The Balaban J connectivity index is 3.06. The zero-order chi connectivity index (χ0) is 15.1. The zero-order valence-electron chi connectivity index (χ0n) is 12.7. The fourth-order valence-electron chi connectivity index (χ4n) is 2.19. The van der Waals surface area contributed by atoms with Gasteiger partial charge in [0.05, 0.1) is 18.8 Å². The lowest BCUT2D eigenvalue weighted by molar-refractivity contribution is 0.0527. The summed E-state index contributed by atoms with van der Waals surface area (Å²) in [4.78, 5) is 14.0. The Morgan fingerprint density at radius 3 is 2.65 bits per heavy atom. The lowest BCUT2D eigenvalue weighted by Crippen LogP contribution is -2.36. The van der Waals surface area contributed by atoms with Gasteiger partial charge in [0, 0.05) is 31.1 Å².